The van der Waals surface area contributed by atoms with Crippen LogP contribution in [-0.4, -0.2) is 35.2 Å². The maximum atomic E-state index is 13.2. The Balaban J connectivity index is 2.03. The molecule has 7 nitrogen and oxygen atoms in total. The van der Waals surface area contributed by atoms with Crippen LogP contribution in [0.15, 0.2) is 4.79 Å². The number of thiophene rings is 1. The average molecular weight is 392 g/mol. The van der Waals surface area contributed by atoms with Crippen LogP contribution >= 0.6 is 11.3 Å². The molecule has 2 aromatic heterocycles. The van der Waals surface area contributed by atoms with Gasteiger partial charge in [0, 0.05) is 17.8 Å². The number of esters is 2. The van der Waals surface area contributed by atoms with Crippen molar-refractivity contribution in [3.8, 4) is 0 Å². The van der Waals surface area contributed by atoms with Gasteiger partial charge >= 0.3 is 11.9 Å². The van der Waals surface area contributed by atoms with Crippen LogP contribution in [0.25, 0.3) is 10.2 Å². The molecule has 3 rings (SSSR count). The molecule has 27 heavy (non-hydrogen) atoms. The van der Waals surface area contributed by atoms with E-state index in [1.54, 1.807) is 18.4 Å². The van der Waals surface area contributed by atoms with E-state index in [-0.39, 0.29) is 23.9 Å². The molecule has 0 bridgehead atoms. The van der Waals surface area contributed by atoms with Crippen molar-refractivity contribution in [2.45, 2.75) is 58.4 Å². The summed E-state index contributed by atoms with van der Waals surface area (Å²) < 4.78 is 11.5. The molecule has 0 spiro atoms. The van der Waals surface area contributed by atoms with Crippen molar-refractivity contribution >= 4 is 33.5 Å². The molecule has 0 saturated heterocycles. The highest BCUT2D eigenvalue weighted by Crippen LogP contribution is 2.41. The fourth-order valence-corrected chi connectivity index (χ4v) is 4.95. The molecule has 1 unspecified atom stereocenters. The molecule has 0 aromatic carbocycles. The highest BCUT2D eigenvalue weighted by Gasteiger charge is 2.33. The Morgan fingerprint density at radius 3 is 2.85 bits per heavy atom. The summed E-state index contributed by atoms with van der Waals surface area (Å²) in [6.07, 6.45) is 3.18. The molecule has 0 aliphatic heterocycles. The number of hydrogen-bond acceptors (Lipinski definition) is 7. The summed E-state index contributed by atoms with van der Waals surface area (Å²) in [5, 5.41) is 0.538. The van der Waals surface area contributed by atoms with E-state index in [0.29, 0.717) is 42.0 Å². The van der Waals surface area contributed by atoms with Crippen LogP contribution in [0.4, 0.5) is 0 Å². The van der Waals surface area contributed by atoms with Gasteiger partial charge in [-0.15, -0.1) is 11.3 Å². The van der Waals surface area contributed by atoms with Crippen LogP contribution in [0.5, 0.6) is 0 Å². The fraction of sp³-hybridized carbons (Fsp3) is 0.579. The number of nitrogens with zero attached hydrogens (tertiary/aromatic N) is 2. The van der Waals surface area contributed by atoms with Gasteiger partial charge in [-0.3, -0.25) is 19.0 Å². The third-order valence-electron chi connectivity index (χ3n) is 4.92. The van der Waals surface area contributed by atoms with Crippen LogP contribution in [0, 0.1) is 6.92 Å². The first-order valence-corrected chi connectivity index (χ1v) is 10.1. The van der Waals surface area contributed by atoms with E-state index in [9.17, 15) is 14.4 Å². The van der Waals surface area contributed by atoms with Gasteiger partial charge in [0.2, 0.25) is 0 Å². The van der Waals surface area contributed by atoms with Crippen LogP contribution in [0.3, 0.4) is 0 Å². The second-order valence-corrected chi connectivity index (χ2v) is 7.70. The van der Waals surface area contributed by atoms with E-state index < -0.39 is 5.92 Å². The molecule has 146 valence electrons. The van der Waals surface area contributed by atoms with Crippen molar-refractivity contribution in [1.29, 1.82) is 0 Å². The van der Waals surface area contributed by atoms with E-state index in [4.69, 9.17) is 4.74 Å². The summed E-state index contributed by atoms with van der Waals surface area (Å²) >= 11 is 1.50. The van der Waals surface area contributed by atoms with Crippen LogP contribution in [0.1, 0.15) is 54.8 Å². The maximum Gasteiger partial charge on any atom is 0.313 e. The minimum atomic E-state index is -0.400. The Hall–Kier alpha value is -2.22. The van der Waals surface area contributed by atoms with Gasteiger partial charge in [-0.05, 0) is 45.1 Å². The van der Waals surface area contributed by atoms with Gasteiger partial charge in [-0.25, -0.2) is 4.98 Å². The number of rotatable bonds is 6. The Morgan fingerprint density at radius 1 is 1.37 bits per heavy atom. The standard InChI is InChI=1S/C19H24N2O5S/c1-4-26-19(24)12-7-5-8-13-15(12)16-17(27-13)20-11(2)21(18(16)23)10-6-9-14(22)25-3/h12H,4-10H2,1-3H3. The first kappa shape index (κ1) is 19.5. The minimum Gasteiger partial charge on any atom is -0.469 e. The third kappa shape index (κ3) is 3.76. The van der Waals surface area contributed by atoms with Gasteiger partial charge in [-0.1, -0.05) is 0 Å². The summed E-state index contributed by atoms with van der Waals surface area (Å²) in [4.78, 5) is 43.4. The van der Waals surface area contributed by atoms with Gasteiger partial charge in [0.15, 0.2) is 0 Å². The molecule has 2 heterocycles. The Morgan fingerprint density at radius 2 is 2.15 bits per heavy atom. The average Bonchev–Trinajstić information content (AvgIpc) is 3.02. The van der Waals surface area contributed by atoms with Gasteiger partial charge < -0.3 is 9.47 Å². The van der Waals surface area contributed by atoms with Gasteiger partial charge in [0.05, 0.1) is 25.0 Å². The molecule has 0 saturated carbocycles. The Labute approximate surface area is 161 Å². The number of fused-ring (bicyclic) bond motifs is 3. The van der Waals surface area contributed by atoms with Crippen molar-refractivity contribution < 1.29 is 19.1 Å². The minimum absolute atomic E-state index is 0.143. The zero-order valence-electron chi connectivity index (χ0n) is 15.9. The number of aromatic nitrogens is 2. The lowest BCUT2D eigenvalue weighted by atomic mass is 9.86. The van der Waals surface area contributed by atoms with Crippen LogP contribution < -0.4 is 5.56 Å². The number of carbonyl (C=O) groups excluding carboxylic acids is 2. The third-order valence-corrected chi connectivity index (χ3v) is 6.08. The highest BCUT2D eigenvalue weighted by atomic mass is 32.1. The molecule has 1 atom stereocenters. The summed E-state index contributed by atoms with van der Waals surface area (Å²) in [7, 11) is 1.35. The second kappa shape index (κ2) is 8.21. The molecule has 2 aromatic rings. The van der Waals surface area contributed by atoms with Gasteiger partial charge in [-0.2, -0.15) is 0 Å². The van der Waals surface area contributed by atoms with Crippen LogP contribution in [-0.2, 0) is 32.0 Å². The number of aryl methyl sites for hydroxylation is 2. The lowest BCUT2D eigenvalue weighted by molar-refractivity contribution is -0.145. The van der Waals surface area contributed by atoms with Crippen molar-refractivity contribution in [1.82, 2.24) is 9.55 Å². The maximum absolute atomic E-state index is 13.2. The quantitative estimate of drug-likeness (QED) is 0.703. The Kier molecular flexibility index (Phi) is 5.94. The molecule has 0 radical (unpaired) electrons. The van der Waals surface area contributed by atoms with E-state index >= 15 is 0 Å². The zero-order chi connectivity index (χ0) is 19.6. The van der Waals surface area contributed by atoms with Crippen molar-refractivity contribution in [2.75, 3.05) is 13.7 Å². The molecule has 0 fully saturated rings. The van der Waals surface area contributed by atoms with Crippen molar-refractivity contribution in [2.24, 2.45) is 0 Å². The summed E-state index contributed by atoms with van der Waals surface area (Å²) in [5.41, 5.74) is 0.662. The number of carbonyl (C=O) groups is 2. The molecule has 1 aliphatic carbocycles. The van der Waals surface area contributed by atoms with Gasteiger partial charge in [0.25, 0.3) is 5.56 Å². The monoisotopic (exact) mass is 392 g/mol. The lowest BCUT2D eigenvalue weighted by Crippen LogP contribution is -2.27. The van der Waals surface area contributed by atoms with Crippen molar-refractivity contribution in [3.63, 3.8) is 0 Å². The highest BCUT2D eigenvalue weighted by molar-refractivity contribution is 7.18. The van der Waals surface area contributed by atoms with E-state index in [2.05, 4.69) is 9.72 Å². The van der Waals surface area contributed by atoms with E-state index in [0.717, 1.165) is 23.3 Å². The number of hydrogen-bond donors (Lipinski definition) is 0. The predicted octanol–water partition coefficient (Wildman–Crippen LogP) is 2.70. The van der Waals surface area contributed by atoms with E-state index in [1.807, 2.05) is 0 Å². The summed E-state index contributed by atoms with van der Waals surface area (Å²) in [6.45, 7) is 4.28. The molecule has 0 amide bonds. The predicted molar refractivity (Wildman–Crippen MR) is 102 cm³/mol. The Bertz CT molecular complexity index is 930. The normalized spacial score (nSPS) is 16.2. The molecule has 0 N–H and O–H groups in total. The molecular weight excluding hydrogens is 368 g/mol. The first-order chi connectivity index (χ1) is 13.0. The first-order valence-electron chi connectivity index (χ1n) is 9.24. The van der Waals surface area contributed by atoms with E-state index in [1.165, 1.54) is 18.4 Å². The molecular formula is C19H24N2O5S. The lowest BCUT2D eigenvalue weighted by Gasteiger charge is -2.21. The number of ether oxygens (including phenoxy) is 2. The summed E-state index contributed by atoms with van der Waals surface area (Å²) in [6, 6.07) is 0. The van der Waals surface area contributed by atoms with Gasteiger partial charge in [0.1, 0.15) is 10.7 Å². The topological polar surface area (TPSA) is 87.5 Å². The van der Waals surface area contributed by atoms with Crippen molar-refractivity contribution in [3.05, 3.63) is 26.6 Å². The SMILES string of the molecule is CCOC(=O)C1CCCc2sc3nc(C)n(CCCC(=O)OC)c(=O)c3c21. The smallest absolute Gasteiger partial charge is 0.313 e. The molecule has 8 heteroatoms. The van der Waals surface area contributed by atoms with Crippen LogP contribution in [0.2, 0.25) is 0 Å². The zero-order valence-corrected chi connectivity index (χ0v) is 16.7. The molecule has 1 aliphatic rings. The second-order valence-electron chi connectivity index (χ2n) is 6.61. The fourth-order valence-electron chi connectivity index (χ4n) is 3.64. The summed E-state index contributed by atoms with van der Waals surface area (Å²) in [5.74, 6) is -0.354. The number of methoxy groups -OCH3 is 1. The largest absolute Gasteiger partial charge is 0.469 e.